The Morgan fingerprint density at radius 2 is 1.80 bits per heavy atom. The average Bonchev–Trinajstić information content (AvgIpc) is 3.00. The molecule has 1 aromatic carbocycles. The highest BCUT2D eigenvalue weighted by Crippen LogP contribution is 2.44. The summed E-state index contributed by atoms with van der Waals surface area (Å²) in [6, 6.07) is 3.15. The van der Waals surface area contributed by atoms with Gasteiger partial charge < -0.3 is 35.6 Å². The molecule has 238 valence electrons. The van der Waals surface area contributed by atoms with Gasteiger partial charge in [0, 0.05) is 62.6 Å². The number of carbonyl (C=O) groups is 2. The fourth-order valence-electron chi connectivity index (χ4n) is 4.59. The van der Waals surface area contributed by atoms with Crippen molar-refractivity contribution in [2.24, 2.45) is 0 Å². The molecule has 1 aromatic heterocycles. The van der Waals surface area contributed by atoms with E-state index in [1.54, 1.807) is 13.1 Å². The number of rotatable bonds is 12. The number of methoxy groups -OCH3 is 2. The highest BCUT2D eigenvalue weighted by Gasteiger charge is 2.23. The fourth-order valence-corrected chi connectivity index (χ4v) is 5.19. The van der Waals surface area contributed by atoms with E-state index >= 15 is 0 Å². The highest BCUT2D eigenvalue weighted by molar-refractivity contribution is 6.41. The van der Waals surface area contributed by atoms with E-state index in [2.05, 4.69) is 56.6 Å². The van der Waals surface area contributed by atoms with Crippen LogP contribution in [0.25, 0.3) is 0 Å². The van der Waals surface area contributed by atoms with Crippen molar-refractivity contribution in [1.82, 2.24) is 25.5 Å². The molecule has 0 aliphatic carbocycles. The monoisotopic (exact) mass is 646 g/mol. The Labute approximate surface area is 268 Å². The summed E-state index contributed by atoms with van der Waals surface area (Å²) in [5.41, 5.74) is 1.14. The van der Waals surface area contributed by atoms with Gasteiger partial charge in [-0.25, -0.2) is 14.8 Å². The topological polar surface area (TPSA) is 133 Å². The second-order valence-electron chi connectivity index (χ2n) is 10.3. The summed E-state index contributed by atoms with van der Waals surface area (Å²) in [6.07, 6.45) is 8.64. The van der Waals surface area contributed by atoms with Gasteiger partial charge in [0.15, 0.2) is 0 Å². The van der Waals surface area contributed by atoms with E-state index in [0.29, 0.717) is 41.8 Å². The molecule has 2 heterocycles. The number of allylic oxidation sites excluding steroid dienone is 1. The predicted molar refractivity (Wildman–Crippen MR) is 176 cm³/mol. The number of nitrogens with one attached hydrogen (secondary N) is 4. The first-order valence-corrected chi connectivity index (χ1v) is 14.8. The number of amides is 3. The Bertz CT molecular complexity index is 1370. The van der Waals surface area contributed by atoms with Crippen molar-refractivity contribution in [3.05, 3.63) is 65.1 Å². The molecule has 2 aromatic rings. The molecule has 12 nitrogen and oxygen atoms in total. The Hall–Kier alpha value is -4.00. The SMILES string of the molecule is C=CC(=O)NCC=C(C=CC(C)Nc1cc(N(C)C(=O)Nc2c(Cl)c(OC)cc(OC)c2Cl)ncn1)N1CC(C)NC(C)C1. The molecule has 1 fully saturated rings. The average molecular weight is 648 g/mol. The van der Waals surface area contributed by atoms with Gasteiger partial charge in [-0.15, -0.1) is 0 Å². The lowest BCUT2D eigenvalue weighted by Crippen LogP contribution is -2.53. The zero-order chi connectivity index (χ0) is 32.4. The number of hydrogen-bond donors (Lipinski definition) is 4. The number of benzene rings is 1. The molecule has 1 saturated heterocycles. The van der Waals surface area contributed by atoms with E-state index in [9.17, 15) is 9.59 Å². The van der Waals surface area contributed by atoms with E-state index in [0.717, 1.165) is 18.8 Å². The lowest BCUT2D eigenvalue weighted by Gasteiger charge is -2.38. The molecular formula is C30H40Cl2N8O4. The number of anilines is 3. The van der Waals surface area contributed by atoms with Crippen LogP contribution in [-0.4, -0.2) is 85.8 Å². The zero-order valence-corrected chi connectivity index (χ0v) is 27.3. The van der Waals surface area contributed by atoms with E-state index in [1.807, 2.05) is 25.2 Å². The van der Waals surface area contributed by atoms with E-state index < -0.39 is 6.03 Å². The second kappa shape index (κ2) is 16.2. The van der Waals surface area contributed by atoms with Gasteiger partial charge in [-0.1, -0.05) is 35.9 Å². The molecule has 14 heteroatoms. The van der Waals surface area contributed by atoms with E-state index in [1.165, 1.54) is 37.6 Å². The number of aromatic nitrogens is 2. The maximum absolute atomic E-state index is 13.1. The van der Waals surface area contributed by atoms with Gasteiger partial charge in [0.1, 0.15) is 39.5 Å². The van der Waals surface area contributed by atoms with Crippen LogP contribution in [0.1, 0.15) is 20.8 Å². The summed E-state index contributed by atoms with van der Waals surface area (Å²) in [5.74, 6) is 1.21. The Kier molecular flexibility index (Phi) is 12.7. The van der Waals surface area contributed by atoms with Crippen LogP contribution >= 0.6 is 23.2 Å². The standard InChI is InChI=1S/C30H40Cl2N8O4/c1-8-26(41)33-12-11-21(40-15-19(3)36-20(4)16-40)10-9-18(2)37-24-14-25(35-17-34-24)39(5)30(42)38-29-27(31)22(43-6)13-23(44-7)28(29)32/h8-11,13-14,17-20,36H,1,12,15-16H2,2-7H3,(H,33,41)(H,38,42)(H,34,35,37). The largest absolute Gasteiger partial charge is 0.495 e. The number of halogens is 2. The van der Waals surface area contributed by atoms with Crippen LogP contribution in [-0.2, 0) is 4.79 Å². The molecule has 3 amide bonds. The highest BCUT2D eigenvalue weighted by atomic mass is 35.5. The van der Waals surface area contributed by atoms with Crippen LogP contribution in [0.2, 0.25) is 10.0 Å². The summed E-state index contributed by atoms with van der Waals surface area (Å²) in [6.45, 7) is 11.8. The van der Waals surface area contributed by atoms with Gasteiger partial charge in [0.25, 0.3) is 0 Å². The van der Waals surface area contributed by atoms with E-state index in [-0.39, 0.29) is 27.7 Å². The lowest BCUT2D eigenvalue weighted by molar-refractivity contribution is -0.116. The molecular weight excluding hydrogens is 607 g/mol. The number of ether oxygens (including phenoxy) is 2. The summed E-state index contributed by atoms with van der Waals surface area (Å²) >= 11 is 12.8. The van der Waals surface area contributed by atoms with Crippen LogP contribution in [0.15, 0.2) is 55.0 Å². The normalized spacial score (nSPS) is 17.5. The summed E-state index contributed by atoms with van der Waals surface area (Å²) in [5, 5.41) is 12.6. The smallest absolute Gasteiger partial charge is 0.327 e. The summed E-state index contributed by atoms with van der Waals surface area (Å²) in [4.78, 5) is 37.0. The third kappa shape index (κ3) is 9.25. The minimum absolute atomic E-state index is 0.131. The van der Waals surface area contributed by atoms with Crippen molar-refractivity contribution in [3.8, 4) is 11.5 Å². The van der Waals surface area contributed by atoms with Crippen LogP contribution in [0, 0.1) is 0 Å². The first-order chi connectivity index (χ1) is 21.0. The van der Waals surface area contributed by atoms with Crippen LogP contribution < -0.4 is 35.6 Å². The second-order valence-corrected chi connectivity index (χ2v) is 11.0. The Balaban J connectivity index is 1.73. The Morgan fingerprint density at radius 3 is 2.39 bits per heavy atom. The van der Waals surface area contributed by atoms with Gasteiger partial charge in [-0.2, -0.15) is 0 Å². The first-order valence-electron chi connectivity index (χ1n) is 14.0. The summed E-state index contributed by atoms with van der Waals surface area (Å²) < 4.78 is 10.6. The van der Waals surface area contributed by atoms with Gasteiger partial charge in [0.05, 0.1) is 19.9 Å². The van der Waals surface area contributed by atoms with Gasteiger partial charge in [-0.05, 0) is 39.0 Å². The van der Waals surface area contributed by atoms with Gasteiger partial charge >= 0.3 is 6.03 Å². The number of hydrogen-bond acceptors (Lipinski definition) is 9. The third-order valence-corrected chi connectivity index (χ3v) is 7.48. The molecule has 0 bridgehead atoms. The lowest BCUT2D eigenvalue weighted by atomic mass is 10.1. The zero-order valence-electron chi connectivity index (χ0n) is 25.8. The van der Waals surface area contributed by atoms with Gasteiger partial charge in [-0.3, -0.25) is 9.69 Å². The molecule has 0 radical (unpaired) electrons. The van der Waals surface area contributed by atoms with Crippen molar-refractivity contribution in [1.29, 1.82) is 0 Å². The van der Waals surface area contributed by atoms with Gasteiger partial charge in [0.2, 0.25) is 5.91 Å². The maximum Gasteiger partial charge on any atom is 0.327 e. The first kappa shape index (κ1) is 34.5. The molecule has 3 rings (SSSR count). The van der Waals surface area contributed by atoms with Crippen molar-refractivity contribution < 1.29 is 19.1 Å². The number of carbonyl (C=O) groups excluding carboxylic acids is 2. The van der Waals surface area contributed by atoms with Crippen LogP contribution in [0.5, 0.6) is 11.5 Å². The van der Waals surface area contributed by atoms with E-state index in [4.69, 9.17) is 32.7 Å². The van der Waals surface area contributed by atoms with Crippen LogP contribution in [0.3, 0.4) is 0 Å². The van der Waals surface area contributed by atoms with Crippen molar-refractivity contribution >= 4 is 52.5 Å². The third-order valence-electron chi connectivity index (χ3n) is 6.73. The number of nitrogens with zero attached hydrogens (tertiary/aromatic N) is 4. The van der Waals surface area contributed by atoms with Crippen LogP contribution in [0.4, 0.5) is 22.1 Å². The molecule has 44 heavy (non-hydrogen) atoms. The number of urea groups is 1. The van der Waals surface area contributed by atoms with Crippen molar-refractivity contribution in [3.63, 3.8) is 0 Å². The Morgan fingerprint density at radius 1 is 1.16 bits per heavy atom. The molecule has 0 spiro atoms. The molecule has 1 aliphatic rings. The maximum atomic E-state index is 13.1. The minimum atomic E-state index is -0.542. The minimum Gasteiger partial charge on any atom is -0.495 e. The molecule has 3 unspecified atom stereocenters. The fraction of sp³-hybridized carbons (Fsp3) is 0.400. The van der Waals surface area contributed by atoms with Crippen molar-refractivity contribution in [2.75, 3.05) is 56.4 Å². The molecule has 4 N–H and O–H groups in total. The molecule has 3 atom stereocenters. The molecule has 1 aliphatic heterocycles. The quantitative estimate of drug-likeness (QED) is 0.191. The number of piperazine rings is 1. The molecule has 0 saturated carbocycles. The predicted octanol–water partition coefficient (Wildman–Crippen LogP) is 4.69. The summed E-state index contributed by atoms with van der Waals surface area (Å²) in [7, 11) is 4.46. The van der Waals surface area contributed by atoms with Crippen molar-refractivity contribution in [2.45, 2.75) is 38.9 Å².